The van der Waals surface area contributed by atoms with Crippen LogP contribution in [0.3, 0.4) is 0 Å². The Morgan fingerprint density at radius 2 is 1.85 bits per heavy atom. The first-order valence-electron chi connectivity index (χ1n) is 11.2. The summed E-state index contributed by atoms with van der Waals surface area (Å²) >= 11 is 0. The molecule has 1 aromatic heterocycles. The predicted molar refractivity (Wildman–Crippen MR) is 129 cm³/mol. The average molecular weight is 447 g/mol. The third kappa shape index (κ3) is 5.42. The fraction of sp³-hybridized carbons (Fsp3) is 0.346. The number of aromatic nitrogens is 1. The molecule has 0 spiro atoms. The fourth-order valence-electron chi connectivity index (χ4n) is 4.21. The number of amides is 2. The highest BCUT2D eigenvalue weighted by molar-refractivity contribution is 5.94. The first-order chi connectivity index (χ1) is 15.8. The van der Waals surface area contributed by atoms with E-state index in [1.54, 1.807) is 20.8 Å². The number of hydrogen-bond acceptors (Lipinski definition) is 5. The molecular formula is C26H30N4O3. The first kappa shape index (κ1) is 22.6. The topological polar surface area (TPSA) is 74.8 Å². The summed E-state index contributed by atoms with van der Waals surface area (Å²) in [5.74, 6) is -0.128. The lowest BCUT2D eigenvalue weighted by Gasteiger charge is -2.43. The Hall–Kier alpha value is -3.61. The van der Waals surface area contributed by atoms with Crippen LogP contribution < -0.4 is 10.2 Å². The molecule has 1 atom stereocenters. The number of pyridine rings is 1. The molecule has 1 aliphatic heterocycles. The van der Waals surface area contributed by atoms with Gasteiger partial charge in [0.15, 0.2) is 0 Å². The van der Waals surface area contributed by atoms with E-state index in [2.05, 4.69) is 27.3 Å². The molecule has 1 unspecified atom stereocenters. The van der Waals surface area contributed by atoms with Crippen molar-refractivity contribution in [2.45, 2.75) is 32.4 Å². The van der Waals surface area contributed by atoms with E-state index in [0.717, 1.165) is 22.0 Å². The van der Waals surface area contributed by atoms with Crippen molar-refractivity contribution < 1.29 is 14.3 Å². The van der Waals surface area contributed by atoms with Gasteiger partial charge in [0.1, 0.15) is 12.1 Å². The maximum absolute atomic E-state index is 13.1. The summed E-state index contributed by atoms with van der Waals surface area (Å²) in [7, 11) is 0. The average Bonchev–Trinajstić information content (AvgIpc) is 2.81. The maximum Gasteiger partial charge on any atom is 0.408 e. The lowest BCUT2D eigenvalue weighted by atomic mass is 10.0. The van der Waals surface area contributed by atoms with Gasteiger partial charge in [0, 0.05) is 48.5 Å². The molecule has 7 heteroatoms. The Morgan fingerprint density at radius 3 is 2.61 bits per heavy atom. The van der Waals surface area contributed by atoms with Crippen molar-refractivity contribution in [3.05, 3.63) is 72.6 Å². The van der Waals surface area contributed by atoms with Crippen molar-refractivity contribution in [3.63, 3.8) is 0 Å². The third-order valence-electron chi connectivity index (χ3n) is 5.67. The minimum atomic E-state index is -0.612. The SMILES string of the molecule is CC(C)(C)OC(=O)NCC(=O)N1CCN(c2cccc3cnccc23)CC1c1ccccc1. The Morgan fingerprint density at radius 1 is 1.06 bits per heavy atom. The summed E-state index contributed by atoms with van der Waals surface area (Å²) in [6.45, 7) is 7.19. The van der Waals surface area contributed by atoms with Gasteiger partial charge in [0.05, 0.1) is 6.04 Å². The summed E-state index contributed by atoms with van der Waals surface area (Å²) < 4.78 is 5.27. The lowest BCUT2D eigenvalue weighted by Crippen LogP contribution is -2.53. The monoisotopic (exact) mass is 446 g/mol. The van der Waals surface area contributed by atoms with E-state index in [4.69, 9.17) is 4.74 Å². The molecule has 2 amide bonds. The highest BCUT2D eigenvalue weighted by atomic mass is 16.6. The molecule has 1 aliphatic rings. The molecular weight excluding hydrogens is 416 g/mol. The number of anilines is 1. The number of alkyl carbamates (subject to hydrolysis) is 1. The van der Waals surface area contributed by atoms with Crippen LogP contribution in [0, 0.1) is 0 Å². The van der Waals surface area contributed by atoms with Gasteiger partial charge in [-0.2, -0.15) is 0 Å². The zero-order chi connectivity index (χ0) is 23.4. The van der Waals surface area contributed by atoms with Crippen molar-refractivity contribution in [2.75, 3.05) is 31.1 Å². The Kier molecular flexibility index (Phi) is 6.49. The summed E-state index contributed by atoms with van der Waals surface area (Å²) in [6, 6.07) is 18.1. The molecule has 3 aromatic rings. The van der Waals surface area contributed by atoms with Gasteiger partial charge < -0.3 is 19.9 Å². The van der Waals surface area contributed by atoms with Gasteiger partial charge in [-0.25, -0.2) is 4.79 Å². The van der Waals surface area contributed by atoms with Gasteiger partial charge in [-0.3, -0.25) is 9.78 Å². The maximum atomic E-state index is 13.1. The number of carbonyl (C=O) groups excluding carboxylic acids is 2. The Balaban J connectivity index is 1.54. The van der Waals surface area contributed by atoms with E-state index < -0.39 is 11.7 Å². The van der Waals surface area contributed by atoms with Crippen molar-refractivity contribution in [1.82, 2.24) is 15.2 Å². The minimum Gasteiger partial charge on any atom is -0.444 e. The van der Waals surface area contributed by atoms with Crippen LogP contribution in [0.1, 0.15) is 32.4 Å². The molecule has 7 nitrogen and oxygen atoms in total. The second-order valence-electron chi connectivity index (χ2n) is 9.19. The highest BCUT2D eigenvalue weighted by Gasteiger charge is 2.32. The number of fused-ring (bicyclic) bond motifs is 1. The summed E-state index contributed by atoms with van der Waals surface area (Å²) in [5, 5.41) is 4.84. The normalized spacial score (nSPS) is 16.5. The number of benzene rings is 2. The van der Waals surface area contributed by atoms with Crippen LogP contribution in [0.15, 0.2) is 67.0 Å². The molecule has 2 heterocycles. The van der Waals surface area contributed by atoms with Crippen molar-refractivity contribution in [1.29, 1.82) is 0 Å². The van der Waals surface area contributed by atoms with Gasteiger partial charge in [-0.05, 0) is 38.5 Å². The second kappa shape index (κ2) is 9.48. The van der Waals surface area contributed by atoms with Crippen LogP contribution in [-0.2, 0) is 9.53 Å². The molecule has 0 radical (unpaired) electrons. The van der Waals surface area contributed by atoms with Crippen LogP contribution in [0.5, 0.6) is 0 Å². The summed E-state index contributed by atoms with van der Waals surface area (Å²) in [4.78, 5) is 33.6. The smallest absolute Gasteiger partial charge is 0.408 e. The van der Waals surface area contributed by atoms with Gasteiger partial charge in [-0.1, -0.05) is 42.5 Å². The van der Waals surface area contributed by atoms with Gasteiger partial charge >= 0.3 is 6.09 Å². The number of rotatable bonds is 4. The highest BCUT2D eigenvalue weighted by Crippen LogP contribution is 2.32. The second-order valence-corrected chi connectivity index (χ2v) is 9.19. The molecule has 4 rings (SSSR count). The molecule has 2 aromatic carbocycles. The molecule has 1 saturated heterocycles. The van der Waals surface area contributed by atoms with E-state index >= 15 is 0 Å². The van der Waals surface area contributed by atoms with Crippen LogP contribution in [0.25, 0.3) is 10.8 Å². The standard InChI is InChI=1S/C26H30N4O3/c1-26(2,3)33-25(32)28-17-24(31)30-15-14-29(18-23(30)19-8-5-4-6-9-19)22-11-7-10-20-16-27-13-12-21(20)22/h4-13,16,23H,14-15,17-18H2,1-3H3,(H,28,32). The molecule has 172 valence electrons. The zero-order valence-corrected chi connectivity index (χ0v) is 19.3. The van der Waals surface area contributed by atoms with E-state index in [-0.39, 0.29) is 18.5 Å². The fourth-order valence-corrected chi connectivity index (χ4v) is 4.21. The van der Waals surface area contributed by atoms with Gasteiger partial charge in [0.25, 0.3) is 0 Å². The molecule has 0 saturated carbocycles. The van der Waals surface area contributed by atoms with E-state index in [1.165, 1.54) is 0 Å². The Bertz CT molecular complexity index is 1120. The van der Waals surface area contributed by atoms with Crippen LogP contribution in [0.4, 0.5) is 10.5 Å². The van der Waals surface area contributed by atoms with E-state index in [9.17, 15) is 9.59 Å². The lowest BCUT2D eigenvalue weighted by molar-refractivity contribution is -0.133. The number of nitrogens with zero attached hydrogens (tertiary/aromatic N) is 3. The zero-order valence-electron chi connectivity index (χ0n) is 19.3. The van der Waals surface area contributed by atoms with E-state index in [0.29, 0.717) is 19.6 Å². The van der Waals surface area contributed by atoms with Crippen molar-refractivity contribution in [2.24, 2.45) is 0 Å². The number of piperazine rings is 1. The third-order valence-corrected chi connectivity index (χ3v) is 5.67. The van der Waals surface area contributed by atoms with Crippen molar-refractivity contribution in [3.8, 4) is 0 Å². The van der Waals surface area contributed by atoms with E-state index in [1.807, 2.05) is 59.8 Å². The number of carbonyl (C=O) groups is 2. The molecule has 33 heavy (non-hydrogen) atoms. The summed E-state index contributed by atoms with van der Waals surface area (Å²) in [6.07, 6.45) is 3.09. The minimum absolute atomic E-state index is 0.0990. The molecule has 1 N–H and O–H groups in total. The van der Waals surface area contributed by atoms with Crippen LogP contribution in [0.2, 0.25) is 0 Å². The van der Waals surface area contributed by atoms with Crippen molar-refractivity contribution >= 4 is 28.5 Å². The molecule has 0 bridgehead atoms. The summed E-state index contributed by atoms with van der Waals surface area (Å²) in [5.41, 5.74) is 1.59. The molecule has 1 fully saturated rings. The Labute approximate surface area is 194 Å². The quantitative estimate of drug-likeness (QED) is 0.652. The molecule has 0 aliphatic carbocycles. The first-order valence-corrected chi connectivity index (χ1v) is 11.2. The van der Waals surface area contributed by atoms with Crippen LogP contribution >= 0.6 is 0 Å². The number of hydrogen-bond donors (Lipinski definition) is 1. The largest absolute Gasteiger partial charge is 0.444 e. The number of ether oxygens (including phenoxy) is 1. The predicted octanol–water partition coefficient (Wildman–Crippen LogP) is 4.15. The van der Waals surface area contributed by atoms with Gasteiger partial charge in [0.2, 0.25) is 5.91 Å². The van der Waals surface area contributed by atoms with Gasteiger partial charge in [-0.15, -0.1) is 0 Å². The number of nitrogens with one attached hydrogen (secondary N) is 1. The van der Waals surface area contributed by atoms with Crippen LogP contribution in [-0.4, -0.2) is 53.7 Å².